The molecule has 0 aromatic heterocycles. The molecule has 0 aliphatic carbocycles. The van der Waals surface area contributed by atoms with Crippen molar-refractivity contribution in [2.45, 2.75) is 18.9 Å². The molecule has 2 fully saturated rings. The number of halogens is 1. The molecule has 1 aromatic rings. The third kappa shape index (κ3) is 3.50. The van der Waals surface area contributed by atoms with E-state index in [-0.39, 0.29) is 0 Å². The van der Waals surface area contributed by atoms with Crippen LogP contribution in [0.1, 0.15) is 12.8 Å². The summed E-state index contributed by atoms with van der Waals surface area (Å²) in [6.45, 7) is 6.97. The van der Waals surface area contributed by atoms with E-state index in [0.717, 1.165) is 35.6 Å². The van der Waals surface area contributed by atoms with Crippen molar-refractivity contribution in [3.05, 3.63) is 23.2 Å². The highest BCUT2D eigenvalue weighted by Crippen LogP contribution is 2.33. The van der Waals surface area contributed by atoms with Gasteiger partial charge in [0.15, 0.2) is 0 Å². The molecule has 0 unspecified atom stereocenters. The van der Waals surface area contributed by atoms with Gasteiger partial charge in [0.25, 0.3) is 0 Å². The van der Waals surface area contributed by atoms with Crippen LogP contribution in [0.25, 0.3) is 0 Å². The minimum absolute atomic E-state index is 0.732. The molecule has 2 aliphatic rings. The molecule has 0 saturated carbocycles. The van der Waals surface area contributed by atoms with Gasteiger partial charge in [-0.3, -0.25) is 4.90 Å². The topological polar surface area (TPSA) is 19.0 Å². The van der Waals surface area contributed by atoms with Crippen LogP contribution in [0.2, 0.25) is 5.02 Å². The SMILES string of the molecule is COc1ccc(Cl)cc1N1CCC(N2CCN(C)CC2)CC1. The first-order valence-corrected chi connectivity index (χ1v) is 8.56. The Kier molecular flexibility index (Phi) is 5.11. The minimum atomic E-state index is 0.732. The molecular weight excluding hydrogens is 298 g/mol. The Morgan fingerprint density at radius 3 is 2.36 bits per heavy atom. The summed E-state index contributed by atoms with van der Waals surface area (Å²) < 4.78 is 5.49. The van der Waals surface area contributed by atoms with E-state index in [0.29, 0.717) is 0 Å². The van der Waals surface area contributed by atoms with Gasteiger partial charge < -0.3 is 14.5 Å². The summed E-state index contributed by atoms with van der Waals surface area (Å²) in [6.07, 6.45) is 2.44. The largest absolute Gasteiger partial charge is 0.495 e. The number of methoxy groups -OCH3 is 1. The number of benzene rings is 1. The quantitative estimate of drug-likeness (QED) is 0.851. The van der Waals surface area contributed by atoms with E-state index in [2.05, 4.69) is 21.7 Å². The highest BCUT2D eigenvalue weighted by atomic mass is 35.5. The molecule has 0 amide bonds. The van der Waals surface area contributed by atoms with Gasteiger partial charge in [0.2, 0.25) is 0 Å². The Labute approximate surface area is 138 Å². The van der Waals surface area contributed by atoms with Gasteiger partial charge in [0, 0.05) is 50.3 Å². The number of likely N-dealkylation sites (N-methyl/N-ethyl adjacent to an activating group) is 1. The van der Waals surface area contributed by atoms with Crippen LogP contribution in [0.3, 0.4) is 0 Å². The van der Waals surface area contributed by atoms with Gasteiger partial charge in [-0.25, -0.2) is 0 Å². The first-order chi connectivity index (χ1) is 10.7. The minimum Gasteiger partial charge on any atom is -0.495 e. The van der Waals surface area contributed by atoms with Crippen molar-refractivity contribution in [2.75, 3.05) is 58.3 Å². The van der Waals surface area contributed by atoms with Crippen molar-refractivity contribution in [3.63, 3.8) is 0 Å². The fourth-order valence-corrected chi connectivity index (χ4v) is 3.74. The molecule has 22 heavy (non-hydrogen) atoms. The summed E-state index contributed by atoms with van der Waals surface area (Å²) in [6, 6.07) is 6.61. The number of piperazine rings is 1. The van der Waals surface area contributed by atoms with Crippen molar-refractivity contribution in [1.82, 2.24) is 9.80 Å². The van der Waals surface area contributed by atoms with Crippen LogP contribution in [0.15, 0.2) is 18.2 Å². The smallest absolute Gasteiger partial charge is 0.142 e. The molecule has 0 spiro atoms. The van der Waals surface area contributed by atoms with Gasteiger partial charge in [-0.15, -0.1) is 0 Å². The maximum absolute atomic E-state index is 6.16. The maximum Gasteiger partial charge on any atom is 0.142 e. The van der Waals surface area contributed by atoms with Gasteiger partial charge in [0.1, 0.15) is 5.75 Å². The van der Waals surface area contributed by atoms with E-state index in [9.17, 15) is 0 Å². The number of anilines is 1. The zero-order chi connectivity index (χ0) is 15.5. The van der Waals surface area contributed by atoms with Crippen LogP contribution in [-0.4, -0.2) is 69.3 Å². The third-order valence-electron chi connectivity index (χ3n) is 5.00. The number of nitrogens with zero attached hydrogens (tertiary/aromatic N) is 3. The van der Waals surface area contributed by atoms with Crippen molar-refractivity contribution in [2.24, 2.45) is 0 Å². The molecule has 1 aromatic carbocycles. The number of hydrogen-bond acceptors (Lipinski definition) is 4. The highest BCUT2D eigenvalue weighted by molar-refractivity contribution is 6.30. The van der Waals surface area contributed by atoms with Gasteiger partial charge >= 0.3 is 0 Å². The molecule has 122 valence electrons. The van der Waals surface area contributed by atoms with E-state index in [4.69, 9.17) is 16.3 Å². The number of rotatable bonds is 3. The lowest BCUT2D eigenvalue weighted by Gasteiger charge is -2.42. The molecule has 0 radical (unpaired) electrons. The Hall–Kier alpha value is -0.970. The van der Waals surface area contributed by atoms with Gasteiger partial charge in [0.05, 0.1) is 12.8 Å². The second kappa shape index (κ2) is 7.07. The van der Waals surface area contributed by atoms with Crippen molar-refractivity contribution in [1.29, 1.82) is 0 Å². The lowest BCUT2D eigenvalue weighted by molar-refractivity contribution is 0.0981. The molecule has 3 rings (SSSR count). The third-order valence-corrected chi connectivity index (χ3v) is 5.24. The zero-order valence-corrected chi connectivity index (χ0v) is 14.4. The monoisotopic (exact) mass is 323 g/mol. The van der Waals surface area contributed by atoms with Crippen LogP contribution >= 0.6 is 11.6 Å². The molecule has 2 saturated heterocycles. The molecule has 0 bridgehead atoms. The summed E-state index contributed by atoms with van der Waals surface area (Å²) in [5.74, 6) is 0.919. The summed E-state index contributed by atoms with van der Waals surface area (Å²) in [7, 11) is 3.94. The molecule has 5 heteroatoms. The van der Waals surface area contributed by atoms with Crippen LogP contribution in [0.5, 0.6) is 5.75 Å². The fourth-order valence-electron chi connectivity index (χ4n) is 3.57. The van der Waals surface area contributed by atoms with Gasteiger partial charge in [-0.05, 0) is 38.1 Å². The second-order valence-corrected chi connectivity index (χ2v) is 6.81. The Morgan fingerprint density at radius 1 is 1.05 bits per heavy atom. The Bertz CT molecular complexity index is 495. The lowest BCUT2D eigenvalue weighted by Crippen LogP contribution is -2.52. The van der Waals surface area contributed by atoms with Gasteiger partial charge in [-0.1, -0.05) is 11.6 Å². The van der Waals surface area contributed by atoms with Crippen molar-refractivity contribution in [3.8, 4) is 5.75 Å². The predicted octanol–water partition coefficient (Wildman–Crippen LogP) is 2.56. The second-order valence-electron chi connectivity index (χ2n) is 6.37. The average molecular weight is 324 g/mol. The predicted molar refractivity (Wildman–Crippen MR) is 92.3 cm³/mol. The maximum atomic E-state index is 6.16. The summed E-state index contributed by atoms with van der Waals surface area (Å²) in [5.41, 5.74) is 1.13. The zero-order valence-electron chi connectivity index (χ0n) is 13.6. The summed E-state index contributed by atoms with van der Waals surface area (Å²) in [5, 5.41) is 0.775. The van der Waals surface area contributed by atoms with Gasteiger partial charge in [-0.2, -0.15) is 0 Å². The fraction of sp³-hybridized carbons (Fsp3) is 0.647. The Balaban J connectivity index is 1.61. The molecule has 4 nitrogen and oxygen atoms in total. The average Bonchev–Trinajstić information content (AvgIpc) is 2.56. The van der Waals surface area contributed by atoms with E-state index >= 15 is 0 Å². The van der Waals surface area contributed by atoms with E-state index in [1.807, 2.05) is 18.2 Å². The standard InChI is InChI=1S/C17H26ClN3O/c1-19-9-11-20(12-10-19)15-5-7-21(8-6-15)16-13-14(18)3-4-17(16)22-2/h3-4,13,15H,5-12H2,1-2H3. The molecule has 0 N–H and O–H groups in total. The molecule has 2 aliphatic heterocycles. The van der Waals surface area contributed by atoms with Crippen LogP contribution in [0, 0.1) is 0 Å². The highest BCUT2D eigenvalue weighted by Gasteiger charge is 2.27. The summed E-state index contributed by atoms with van der Waals surface area (Å²) >= 11 is 6.16. The number of piperidine rings is 1. The van der Waals surface area contributed by atoms with Crippen LogP contribution in [-0.2, 0) is 0 Å². The van der Waals surface area contributed by atoms with E-state index in [1.54, 1.807) is 7.11 Å². The molecule has 2 heterocycles. The summed E-state index contributed by atoms with van der Waals surface area (Å²) in [4.78, 5) is 7.51. The number of hydrogen-bond donors (Lipinski definition) is 0. The lowest BCUT2D eigenvalue weighted by atomic mass is 10.0. The number of ether oxygens (including phenoxy) is 1. The normalized spacial score (nSPS) is 22.0. The Morgan fingerprint density at radius 2 is 1.73 bits per heavy atom. The molecular formula is C17H26ClN3O. The van der Waals surface area contributed by atoms with Crippen molar-refractivity contribution >= 4 is 17.3 Å². The van der Waals surface area contributed by atoms with E-state index < -0.39 is 0 Å². The van der Waals surface area contributed by atoms with Crippen LogP contribution in [0.4, 0.5) is 5.69 Å². The first-order valence-electron chi connectivity index (χ1n) is 8.18. The molecule has 0 atom stereocenters. The van der Waals surface area contributed by atoms with Crippen LogP contribution < -0.4 is 9.64 Å². The van der Waals surface area contributed by atoms with E-state index in [1.165, 1.54) is 39.0 Å². The van der Waals surface area contributed by atoms with Crippen molar-refractivity contribution < 1.29 is 4.74 Å². The first kappa shape index (κ1) is 15.9.